The maximum absolute atomic E-state index is 13.3. The van der Waals surface area contributed by atoms with E-state index in [1.165, 1.54) is 17.0 Å². The van der Waals surface area contributed by atoms with E-state index in [9.17, 15) is 22.8 Å². The zero-order valence-electron chi connectivity index (χ0n) is 19.6. The van der Waals surface area contributed by atoms with E-state index in [4.69, 9.17) is 0 Å². The van der Waals surface area contributed by atoms with Gasteiger partial charge in [0.1, 0.15) is 10.9 Å². The number of amides is 3. The van der Waals surface area contributed by atoms with E-state index >= 15 is 0 Å². The Morgan fingerprint density at radius 3 is 2.35 bits per heavy atom. The lowest BCUT2D eigenvalue weighted by molar-refractivity contribution is -0.141. The molecule has 1 N–H and O–H groups in total. The summed E-state index contributed by atoms with van der Waals surface area (Å²) in [6.07, 6.45) is 1.96. The second-order valence-corrected chi connectivity index (χ2v) is 10.0. The third-order valence-electron chi connectivity index (χ3n) is 5.85. The van der Waals surface area contributed by atoms with Crippen LogP contribution in [0.25, 0.3) is 0 Å². The molecule has 9 heteroatoms. The second-order valence-electron chi connectivity index (χ2n) is 8.20. The Morgan fingerprint density at radius 2 is 1.71 bits per heavy atom. The predicted octanol–water partition coefficient (Wildman–Crippen LogP) is 2.94. The number of rotatable bonds is 11. The quantitative estimate of drug-likeness (QED) is 0.493. The summed E-state index contributed by atoms with van der Waals surface area (Å²) in [5, 5.41) is 2.89. The summed E-state index contributed by atoms with van der Waals surface area (Å²) in [7, 11) is -4.00. The first kappa shape index (κ1) is 25.4. The highest BCUT2D eigenvalue weighted by Crippen LogP contribution is 2.30. The van der Waals surface area contributed by atoms with Gasteiger partial charge in [-0.1, -0.05) is 62.7 Å². The summed E-state index contributed by atoms with van der Waals surface area (Å²) < 4.78 is 26.4. The maximum Gasteiger partial charge on any atom is 0.269 e. The fourth-order valence-electron chi connectivity index (χ4n) is 4.00. The summed E-state index contributed by atoms with van der Waals surface area (Å²) in [6, 6.07) is 14.6. The number of carbonyl (C=O) groups excluding carboxylic acids is 3. The molecule has 1 atom stereocenters. The Morgan fingerprint density at radius 1 is 1.03 bits per heavy atom. The molecule has 182 valence electrons. The van der Waals surface area contributed by atoms with Crippen molar-refractivity contribution < 1.29 is 22.8 Å². The van der Waals surface area contributed by atoms with Gasteiger partial charge < -0.3 is 10.2 Å². The third-order valence-corrected chi connectivity index (χ3v) is 7.69. The summed E-state index contributed by atoms with van der Waals surface area (Å²) in [6.45, 7) is 4.31. The smallest absolute Gasteiger partial charge is 0.269 e. The number of benzene rings is 2. The van der Waals surface area contributed by atoms with Gasteiger partial charge >= 0.3 is 0 Å². The third kappa shape index (κ3) is 5.47. The van der Waals surface area contributed by atoms with Gasteiger partial charge in [0.15, 0.2) is 0 Å². The molecule has 0 aliphatic carbocycles. The molecule has 0 radical (unpaired) electrons. The predicted molar refractivity (Wildman–Crippen MR) is 128 cm³/mol. The number of hydrogen-bond acceptors (Lipinski definition) is 5. The second kappa shape index (κ2) is 11.3. The minimum Gasteiger partial charge on any atom is -0.354 e. The van der Waals surface area contributed by atoms with Gasteiger partial charge in [-0.2, -0.15) is 0 Å². The molecule has 3 amide bonds. The molecular formula is C25H31N3O5S. The summed E-state index contributed by atoms with van der Waals surface area (Å²) >= 11 is 0. The molecule has 0 spiro atoms. The van der Waals surface area contributed by atoms with E-state index in [2.05, 4.69) is 5.32 Å². The van der Waals surface area contributed by atoms with Crippen LogP contribution in [-0.4, -0.2) is 54.5 Å². The molecule has 0 aromatic heterocycles. The highest BCUT2D eigenvalue weighted by molar-refractivity contribution is 7.90. The molecule has 0 saturated heterocycles. The standard InChI is InChI=1S/C25H31N3O5S/c1-3-5-16-26-24(30)21(4-2)27(18-19-11-7-6-8-12-19)23(29)15-17-28-25(31)20-13-9-10-14-22(20)34(28,32)33/h6-14,21H,3-5,15-18H2,1-2H3,(H,26,30)/t21-/m1/s1. The molecule has 1 heterocycles. The molecule has 0 bridgehead atoms. The van der Waals surface area contributed by atoms with E-state index < -0.39 is 22.0 Å². The van der Waals surface area contributed by atoms with Gasteiger partial charge in [0.25, 0.3) is 15.9 Å². The van der Waals surface area contributed by atoms with Crippen LogP contribution in [0.4, 0.5) is 0 Å². The minimum absolute atomic E-state index is 0.0460. The van der Waals surface area contributed by atoms with Crippen molar-refractivity contribution in [1.82, 2.24) is 14.5 Å². The highest BCUT2D eigenvalue weighted by atomic mass is 32.2. The average Bonchev–Trinajstić information content (AvgIpc) is 3.03. The van der Waals surface area contributed by atoms with E-state index in [1.807, 2.05) is 44.2 Å². The Balaban J connectivity index is 1.78. The van der Waals surface area contributed by atoms with Crippen molar-refractivity contribution in [3.8, 4) is 0 Å². The molecule has 2 aromatic carbocycles. The number of fused-ring (bicyclic) bond motifs is 1. The van der Waals surface area contributed by atoms with Crippen LogP contribution in [0, 0.1) is 0 Å². The lowest BCUT2D eigenvalue weighted by Crippen LogP contribution is -2.49. The van der Waals surface area contributed by atoms with Crippen molar-refractivity contribution in [2.45, 2.75) is 57.0 Å². The number of sulfonamides is 1. The topological polar surface area (TPSA) is 104 Å². The number of nitrogens with zero attached hydrogens (tertiary/aromatic N) is 2. The Kier molecular flexibility index (Phi) is 8.44. The average molecular weight is 486 g/mol. The van der Waals surface area contributed by atoms with Gasteiger partial charge in [-0.05, 0) is 30.5 Å². The van der Waals surface area contributed by atoms with Gasteiger partial charge in [0.2, 0.25) is 11.8 Å². The fraction of sp³-hybridized carbons (Fsp3) is 0.400. The van der Waals surface area contributed by atoms with Crippen LogP contribution in [0.1, 0.15) is 55.5 Å². The van der Waals surface area contributed by atoms with Gasteiger partial charge in [-0.3, -0.25) is 14.4 Å². The van der Waals surface area contributed by atoms with Crippen LogP contribution in [0.15, 0.2) is 59.5 Å². The molecule has 34 heavy (non-hydrogen) atoms. The number of hydrogen-bond donors (Lipinski definition) is 1. The summed E-state index contributed by atoms with van der Waals surface area (Å²) in [4.78, 5) is 40.4. The summed E-state index contributed by atoms with van der Waals surface area (Å²) in [5.74, 6) is -1.26. The first-order valence-corrected chi connectivity index (χ1v) is 13.0. The van der Waals surface area contributed by atoms with E-state index in [0.717, 1.165) is 22.7 Å². The fourth-order valence-corrected chi connectivity index (χ4v) is 5.57. The van der Waals surface area contributed by atoms with Gasteiger partial charge in [-0.15, -0.1) is 0 Å². The van der Waals surface area contributed by atoms with Crippen LogP contribution >= 0.6 is 0 Å². The van der Waals surface area contributed by atoms with Crippen molar-refractivity contribution >= 4 is 27.7 Å². The summed E-state index contributed by atoms with van der Waals surface area (Å²) in [5.41, 5.74) is 0.964. The van der Waals surface area contributed by atoms with Crippen LogP contribution in [0.5, 0.6) is 0 Å². The van der Waals surface area contributed by atoms with E-state index in [-0.39, 0.29) is 41.8 Å². The maximum atomic E-state index is 13.3. The number of unbranched alkanes of at least 4 members (excludes halogenated alkanes) is 1. The minimum atomic E-state index is -4.00. The molecule has 3 rings (SSSR count). The first-order valence-electron chi connectivity index (χ1n) is 11.6. The molecule has 0 saturated carbocycles. The van der Waals surface area contributed by atoms with Crippen molar-refractivity contribution in [1.29, 1.82) is 0 Å². The van der Waals surface area contributed by atoms with Crippen molar-refractivity contribution in [3.63, 3.8) is 0 Å². The molecule has 0 unspecified atom stereocenters. The molecule has 8 nitrogen and oxygen atoms in total. The zero-order chi connectivity index (χ0) is 24.7. The molecular weight excluding hydrogens is 454 g/mol. The van der Waals surface area contributed by atoms with Gasteiger partial charge in [-0.25, -0.2) is 12.7 Å². The molecule has 1 aliphatic heterocycles. The lowest BCUT2D eigenvalue weighted by atomic mass is 10.1. The van der Waals surface area contributed by atoms with Crippen LogP contribution in [-0.2, 0) is 26.2 Å². The number of carbonyl (C=O) groups is 3. The molecule has 0 fully saturated rings. The van der Waals surface area contributed by atoms with E-state index in [0.29, 0.717) is 13.0 Å². The first-order chi connectivity index (χ1) is 16.3. The molecule has 1 aliphatic rings. The Hall–Kier alpha value is -3.20. The largest absolute Gasteiger partial charge is 0.354 e. The highest BCUT2D eigenvalue weighted by Gasteiger charge is 2.41. The monoisotopic (exact) mass is 485 g/mol. The van der Waals surface area contributed by atoms with E-state index in [1.54, 1.807) is 12.1 Å². The molecule has 2 aromatic rings. The van der Waals surface area contributed by atoms with Gasteiger partial charge in [0.05, 0.1) is 5.56 Å². The lowest BCUT2D eigenvalue weighted by Gasteiger charge is -2.31. The van der Waals surface area contributed by atoms with Crippen LogP contribution in [0.3, 0.4) is 0 Å². The van der Waals surface area contributed by atoms with Crippen LogP contribution in [0.2, 0.25) is 0 Å². The van der Waals surface area contributed by atoms with Gasteiger partial charge in [0, 0.05) is 26.1 Å². The zero-order valence-corrected chi connectivity index (χ0v) is 20.4. The van der Waals surface area contributed by atoms with Crippen LogP contribution < -0.4 is 5.32 Å². The normalized spacial score (nSPS) is 15.0. The Labute approximate surface area is 201 Å². The Bertz CT molecular complexity index is 1130. The van der Waals surface area contributed by atoms with Crippen molar-refractivity contribution in [3.05, 3.63) is 65.7 Å². The van der Waals surface area contributed by atoms with Crippen molar-refractivity contribution in [2.24, 2.45) is 0 Å². The number of nitrogens with one attached hydrogen (secondary N) is 1. The SMILES string of the molecule is CCCCNC(=O)[C@@H](CC)N(Cc1ccccc1)C(=O)CCN1C(=O)c2ccccc2S1(=O)=O. The van der Waals surface area contributed by atoms with Crippen molar-refractivity contribution in [2.75, 3.05) is 13.1 Å².